The van der Waals surface area contributed by atoms with Gasteiger partial charge in [0.2, 0.25) is 5.69 Å². The summed E-state index contributed by atoms with van der Waals surface area (Å²) < 4.78 is 4.41. The second kappa shape index (κ2) is 4.95. The summed E-state index contributed by atoms with van der Waals surface area (Å²) in [6, 6.07) is 13.4. The lowest BCUT2D eigenvalue weighted by molar-refractivity contribution is -0.660. The lowest BCUT2D eigenvalue weighted by Gasteiger charge is -2.10. The third kappa shape index (κ3) is 2.22. The maximum atomic E-state index is 2.31. The van der Waals surface area contributed by atoms with Crippen LogP contribution in [0.2, 0.25) is 0 Å². The number of benzene rings is 1. The van der Waals surface area contributed by atoms with Gasteiger partial charge in [0.15, 0.2) is 6.20 Å². The molecule has 4 rings (SSSR count). The van der Waals surface area contributed by atoms with E-state index in [0.29, 0.717) is 0 Å². The van der Waals surface area contributed by atoms with Gasteiger partial charge < -0.3 is 4.40 Å². The molecule has 1 aromatic carbocycles. The number of nitrogens with zero attached hydrogens (tertiary/aromatic N) is 2. The molecule has 114 valence electrons. The second-order valence-electron chi connectivity index (χ2n) is 6.55. The highest BCUT2D eigenvalue weighted by Gasteiger charge is 2.15. The molecule has 2 heteroatoms. The van der Waals surface area contributed by atoms with Crippen LogP contribution in [0, 0.1) is 20.8 Å². The van der Waals surface area contributed by atoms with Gasteiger partial charge in [-0.1, -0.05) is 6.07 Å². The van der Waals surface area contributed by atoms with Crippen molar-refractivity contribution in [1.29, 1.82) is 0 Å². The number of fused-ring (bicyclic) bond motifs is 2. The van der Waals surface area contributed by atoms with E-state index in [-0.39, 0.29) is 0 Å². The Morgan fingerprint density at radius 3 is 2.52 bits per heavy atom. The number of hydrogen-bond acceptors (Lipinski definition) is 0. The van der Waals surface area contributed by atoms with E-state index in [1.165, 1.54) is 44.2 Å². The highest BCUT2D eigenvalue weighted by molar-refractivity contribution is 5.90. The van der Waals surface area contributed by atoms with Crippen LogP contribution in [0.15, 0.2) is 55.0 Å². The van der Waals surface area contributed by atoms with Gasteiger partial charge in [0.1, 0.15) is 7.05 Å². The first kappa shape index (κ1) is 14.0. The molecule has 4 aromatic rings. The first-order chi connectivity index (χ1) is 11.0. The maximum absolute atomic E-state index is 2.31. The van der Waals surface area contributed by atoms with Crippen LogP contribution >= 0.6 is 0 Å². The summed E-state index contributed by atoms with van der Waals surface area (Å²) in [5.41, 5.74) is 7.77. The standard InChI is InChI=1S/C21H21N2/c1-14-9-21(22(4)12-16(14)3)20-11-18-13-23-7-5-6-19(23)10-17(18)8-15(20)2/h5-13H,1-4H3/q+1. The van der Waals surface area contributed by atoms with Crippen molar-refractivity contribution in [2.24, 2.45) is 7.05 Å². The molecule has 23 heavy (non-hydrogen) atoms. The fourth-order valence-corrected chi connectivity index (χ4v) is 3.37. The summed E-state index contributed by atoms with van der Waals surface area (Å²) in [6.07, 6.45) is 6.53. The number of aromatic nitrogens is 2. The summed E-state index contributed by atoms with van der Waals surface area (Å²) in [4.78, 5) is 0. The summed E-state index contributed by atoms with van der Waals surface area (Å²) in [7, 11) is 2.13. The van der Waals surface area contributed by atoms with Gasteiger partial charge in [-0.2, -0.15) is 0 Å². The van der Waals surface area contributed by atoms with Crippen LogP contribution in [0.3, 0.4) is 0 Å². The molecule has 0 unspecified atom stereocenters. The molecule has 0 saturated carbocycles. The van der Waals surface area contributed by atoms with E-state index in [0.717, 1.165) is 0 Å². The molecule has 0 atom stereocenters. The molecular formula is C21H21N2+. The Labute approximate surface area is 136 Å². The van der Waals surface area contributed by atoms with Gasteiger partial charge in [0.25, 0.3) is 0 Å². The van der Waals surface area contributed by atoms with E-state index in [1.807, 2.05) is 0 Å². The van der Waals surface area contributed by atoms with Crippen LogP contribution in [-0.2, 0) is 7.05 Å². The molecule has 0 aliphatic rings. The van der Waals surface area contributed by atoms with Crippen molar-refractivity contribution in [3.05, 3.63) is 71.7 Å². The van der Waals surface area contributed by atoms with E-state index in [9.17, 15) is 0 Å². The molecule has 3 heterocycles. The Morgan fingerprint density at radius 1 is 0.870 bits per heavy atom. The molecule has 2 nitrogen and oxygen atoms in total. The van der Waals surface area contributed by atoms with Crippen LogP contribution in [0.25, 0.3) is 27.5 Å². The Morgan fingerprint density at radius 2 is 1.70 bits per heavy atom. The summed E-state index contributed by atoms with van der Waals surface area (Å²) in [6.45, 7) is 6.54. The molecule has 0 saturated heterocycles. The summed E-state index contributed by atoms with van der Waals surface area (Å²) >= 11 is 0. The van der Waals surface area contributed by atoms with Crippen molar-refractivity contribution in [3.8, 4) is 11.3 Å². The van der Waals surface area contributed by atoms with Crippen LogP contribution < -0.4 is 4.57 Å². The zero-order chi connectivity index (χ0) is 16.1. The van der Waals surface area contributed by atoms with Crippen molar-refractivity contribution in [2.45, 2.75) is 20.8 Å². The van der Waals surface area contributed by atoms with Gasteiger partial charge in [0.05, 0.1) is 0 Å². The fourth-order valence-electron chi connectivity index (χ4n) is 3.37. The van der Waals surface area contributed by atoms with E-state index >= 15 is 0 Å². The second-order valence-corrected chi connectivity index (χ2v) is 6.55. The quantitative estimate of drug-likeness (QED) is 0.457. The molecular weight excluding hydrogens is 280 g/mol. The van der Waals surface area contributed by atoms with E-state index in [1.54, 1.807) is 0 Å². The van der Waals surface area contributed by atoms with Gasteiger partial charge in [0, 0.05) is 35.1 Å². The predicted molar refractivity (Wildman–Crippen MR) is 95.7 cm³/mol. The molecule has 0 amide bonds. The molecule has 0 aliphatic heterocycles. The van der Waals surface area contributed by atoms with E-state index in [4.69, 9.17) is 0 Å². The lowest BCUT2D eigenvalue weighted by atomic mass is 9.98. The Hall–Kier alpha value is -2.61. The maximum Gasteiger partial charge on any atom is 0.212 e. The Bertz CT molecular complexity index is 1050. The zero-order valence-corrected chi connectivity index (χ0v) is 14.1. The van der Waals surface area contributed by atoms with E-state index < -0.39 is 0 Å². The smallest absolute Gasteiger partial charge is 0.212 e. The molecule has 0 radical (unpaired) electrons. The van der Waals surface area contributed by atoms with Gasteiger partial charge >= 0.3 is 0 Å². The molecule has 0 spiro atoms. The van der Waals surface area contributed by atoms with Crippen LogP contribution in [-0.4, -0.2) is 4.40 Å². The van der Waals surface area contributed by atoms with Gasteiger partial charge in [-0.15, -0.1) is 0 Å². The van der Waals surface area contributed by atoms with Gasteiger partial charge in [-0.05, 0) is 66.9 Å². The minimum absolute atomic E-state index is 1.24. The monoisotopic (exact) mass is 301 g/mol. The number of hydrogen-bond donors (Lipinski definition) is 0. The van der Waals surface area contributed by atoms with E-state index in [2.05, 4.69) is 91.8 Å². The summed E-state index contributed by atoms with van der Waals surface area (Å²) in [5.74, 6) is 0. The zero-order valence-electron chi connectivity index (χ0n) is 14.1. The fraction of sp³-hybridized carbons (Fsp3) is 0.190. The van der Waals surface area contributed by atoms with Crippen molar-refractivity contribution in [3.63, 3.8) is 0 Å². The van der Waals surface area contributed by atoms with Gasteiger partial charge in [-0.25, -0.2) is 4.57 Å². The Kier molecular flexibility index (Phi) is 3.02. The molecule has 3 aromatic heterocycles. The Balaban J connectivity index is 2.01. The van der Waals surface area contributed by atoms with Crippen molar-refractivity contribution in [2.75, 3.05) is 0 Å². The number of aryl methyl sites for hydroxylation is 4. The van der Waals surface area contributed by atoms with Crippen LogP contribution in [0.4, 0.5) is 0 Å². The molecule has 0 fully saturated rings. The summed E-state index contributed by atoms with van der Waals surface area (Å²) in [5, 5.41) is 2.57. The largest absolute Gasteiger partial charge is 0.323 e. The van der Waals surface area contributed by atoms with Gasteiger partial charge in [-0.3, -0.25) is 0 Å². The van der Waals surface area contributed by atoms with Crippen molar-refractivity contribution >= 4 is 16.3 Å². The highest BCUT2D eigenvalue weighted by Crippen LogP contribution is 2.28. The highest BCUT2D eigenvalue weighted by atomic mass is 14.9. The number of pyridine rings is 2. The van der Waals surface area contributed by atoms with Crippen molar-refractivity contribution in [1.82, 2.24) is 4.40 Å². The average Bonchev–Trinajstić information content (AvgIpc) is 2.95. The van der Waals surface area contributed by atoms with Crippen LogP contribution in [0.5, 0.6) is 0 Å². The average molecular weight is 301 g/mol. The first-order valence-electron chi connectivity index (χ1n) is 8.01. The van der Waals surface area contributed by atoms with Crippen molar-refractivity contribution < 1.29 is 4.57 Å². The minimum atomic E-state index is 1.24. The predicted octanol–water partition coefficient (Wildman–Crippen LogP) is 4.51. The molecule has 0 aliphatic carbocycles. The minimum Gasteiger partial charge on any atom is -0.323 e. The third-order valence-corrected chi connectivity index (χ3v) is 4.84. The van der Waals surface area contributed by atoms with Crippen LogP contribution in [0.1, 0.15) is 16.7 Å². The number of rotatable bonds is 1. The lowest BCUT2D eigenvalue weighted by Crippen LogP contribution is -2.31. The first-order valence-corrected chi connectivity index (χ1v) is 8.01. The normalized spacial score (nSPS) is 11.5. The third-order valence-electron chi connectivity index (χ3n) is 4.84. The molecule has 0 bridgehead atoms. The molecule has 0 N–H and O–H groups in total. The SMILES string of the molecule is Cc1cc(-c2cc3cn4cccc4cc3cc2C)[n+](C)cc1C. The topological polar surface area (TPSA) is 8.29 Å².